The molecule has 1 aromatic carbocycles. The summed E-state index contributed by atoms with van der Waals surface area (Å²) in [6, 6.07) is 8.13. The van der Waals surface area contributed by atoms with Crippen LogP contribution in [0.25, 0.3) is 0 Å². The van der Waals surface area contributed by atoms with E-state index in [1.54, 1.807) is 0 Å². The molecule has 0 radical (unpaired) electrons. The third-order valence-electron chi connectivity index (χ3n) is 3.93. The summed E-state index contributed by atoms with van der Waals surface area (Å²) in [5.41, 5.74) is 0. The highest BCUT2D eigenvalue weighted by Gasteiger charge is 2.36. The van der Waals surface area contributed by atoms with Gasteiger partial charge in [-0.1, -0.05) is 11.6 Å². The zero-order valence-electron chi connectivity index (χ0n) is 10.9. The molecule has 2 aliphatic carbocycles. The molecule has 0 saturated heterocycles. The van der Waals surface area contributed by atoms with E-state index < -0.39 is 6.10 Å². The number of halogens is 1. The summed E-state index contributed by atoms with van der Waals surface area (Å²) in [4.78, 5) is 0. The van der Waals surface area contributed by atoms with Gasteiger partial charge in [-0.3, -0.25) is 0 Å². The predicted octanol–water partition coefficient (Wildman–Crippen LogP) is 2.75. The SMILES string of the molecule is O[C@@H]1[C@@H](NC2CC2)CCC[C@H]1Oc1ccc(Cl)cc1. The quantitative estimate of drug-likeness (QED) is 0.892. The molecule has 1 aromatic rings. The Morgan fingerprint density at radius 2 is 1.84 bits per heavy atom. The van der Waals surface area contributed by atoms with Gasteiger partial charge in [0.1, 0.15) is 18.0 Å². The van der Waals surface area contributed by atoms with Crippen molar-refractivity contribution in [2.75, 3.05) is 0 Å². The van der Waals surface area contributed by atoms with Crippen LogP contribution in [0.3, 0.4) is 0 Å². The minimum Gasteiger partial charge on any atom is -0.488 e. The molecular formula is C15H20ClNO2. The number of hydrogen-bond donors (Lipinski definition) is 2. The lowest BCUT2D eigenvalue weighted by molar-refractivity contribution is -0.0157. The van der Waals surface area contributed by atoms with Gasteiger partial charge in [0.15, 0.2) is 0 Å². The van der Waals surface area contributed by atoms with Gasteiger partial charge in [0.25, 0.3) is 0 Å². The van der Waals surface area contributed by atoms with E-state index in [0.717, 1.165) is 25.0 Å². The van der Waals surface area contributed by atoms with Crippen LogP contribution in [-0.2, 0) is 0 Å². The molecule has 104 valence electrons. The zero-order chi connectivity index (χ0) is 13.2. The number of aliphatic hydroxyl groups excluding tert-OH is 1. The highest BCUT2D eigenvalue weighted by molar-refractivity contribution is 6.30. The van der Waals surface area contributed by atoms with Crippen LogP contribution in [0, 0.1) is 0 Å². The molecule has 2 N–H and O–H groups in total. The Kier molecular flexibility index (Phi) is 3.96. The van der Waals surface area contributed by atoms with Crippen molar-refractivity contribution < 1.29 is 9.84 Å². The summed E-state index contributed by atoms with van der Waals surface area (Å²) in [5.74, 6) is 0.778. The lowest BCUT2D eigenvalue weighted by atomic mass is 9.89. The van der Waals surface area contributed by atoms with Crippen molar-refractivity contribution in [3.8, 4) is 5.75 Å². The van der Waals surface area contributed by atoms with Gasteiger partial charge in [-0.25, -0.2) is 0 Å². The smallest absolute Gasteiger partial charge is 0.126 e. The second kappa shape index (κ2) is 5.70. The fraction of sp³-hybridized carbons (Fsp3) is 0.600. The van der Waals surface area contributed by atoms with Crippen LogP contribution in [0.1, 0.15) is 32.1 Å². The summed E-state index contributed by atoms with van der Waals surface area (Å²) in [6.45, 7) is 0. The second-order valence-electron chi connectivity index (χ2n) is 5.58. The zero-order valence-corrected chi connectivity index (χ0v) is 11.6. The topological polar surface area (TPSA) is 41.5 Å². The molecule has 2 fully saturated rings. The van der Waals surface area contributed by atoms with Gasteiger partial charge in [-0.15, -0.1) is 0 Å². The summed E-state index contributed by atoms with van der Waals surface area (Å²) < 4.78 is 5.91. The molecule has 19 heavy (non-hydrogen) atoms. The largest absolute Gasteiger partial charge is 0.488 e. The van der Waals surface area contributed by atoms with Crippen molar-refractivity contribution in [2.45, 2.75) is 56.4 Å². The van der Waals surface area contributed by atoms with Crippen molar-refractivity contribution in [3.05, 3.63) is 29.3 Å². The Hall–Kier alpha value is -0.770. The average Bonchev–Trinajstić information content (AvgIpc) is 3.21. The molecule has 3 atom stereocenters. The predicted molar refractivity (Wildman–Crippen MR) is 75.7 cm³/mol. The minimum absolute atomic E-state index is 0.119. The van der Waals surface area contributed by atoms with Gasteiger partial charge in [0, 0.05) is 17.1 Å². The summed E-state index contributed by atoms with van der Waals surface area (Å²) >= 11 is 5.86. The summed E-state index contributed by atoms with van der Waals surface area (Å²) in [7, 11) is 0. The third kappa shape index (κ3) is 3.41. The highest BCUT2D eigenvalue weighted by Crippen LogP contribution is 2.28. The van der Waals surface area contributed by atoms with Crippen LogP contribution in [0.15, 0.2) is 24.3 Å². The van der Waals surface area contributed by atoms with E-state index in [-0.39, 0.29) is 12.1 Å². The second-order valence-corrected chi connectivity index (χ2v) is 6.02. The number of ether oxygens (including phenoxy) is 1. The first kappa shape index (κ1) is 13.2. The van der Waals surface area contributed by atoms with Crippen molar-refractivity contribution in [3.63, 3.8) is 0 Å². The Bertz CT molecular complexity index is 419. The Labute approximate surface area is 118 Å². The molecule has 0 heterocycles. The van der Waals surface area contributed by atoms with E-state index in [1.165, 1.54) is 12.8 Å². The number of benzene rings is 1. The maximum atomic E-state index is 10.4. The van der Waals surface area contributed by atoms with Gasteiger partial charge < -0.3 is 15.2 Å². The monoisotopic (exact) mass is 281 g/mol. The van der Waals surface area contributed by atoms with E-state index in [2.05, 4.69) is 5.32 Å². The van der Waals surface area contributed by atoms with Crippen molar-refractivity contribution in [2.24, 2.45) is 0 Å². The van der Waals surface area contributed by atoms with E-state index >= 15 is 0 Å². The molecule has 4 heteroatoms. The number of rotatable bonds is 4. The molecule has 0 spiro atoms. The van der Waals surface area contributed by atoms with Crippen molar-refractivity contribution >= 4 is 11.6 Å². The Balaban J connectivity index is 1.60. The molecule has 0 aromatic heterocycles. The standard InChI is InChI=1S/C15H20ClNO2/c16-10-4-8-12(9-5-10)19-14-3-1-2-13(15(14)18)17-11-6-7-11/h4-5,8-9,11,13-15,17-18H,1-3,6-7H2/t13-,14+,15+/m0/s1. The molecular weight excluding hydrogens is 262 g/mol. The van der Waals surface area contributed by atoms with Crippen LogP contribution in [0.4, 0.5) is 0 Å². The minimum atomic E-state index is -0.426. The molecule has 2 aliphatic rings. The van der Waals surface area contributed by atoms with Gasteiger partial charge in [0.2, 0.25) is 0 Å². The van der Waals surface area contributed by atoms with E-state index in [0.29, 0.717) is 11.1 Å². The van der Waals surface area contributed by atoms with E-state index in [1.807, 2.05) is 24.3 Å². The lowest BCUT2D eigenvalue weighted by Crippen LogP contribution is -2.51. The van der Waals surface area contributed by atoms with Crippen LogP contribution >= 0.6 is 11.6 Å². The van der Waals surface area contributed by atoms with Crippen LogP contribution < -0.4 is 10.1 Å². The van der Waals surface area contributed by atoms with Gasteiger partial charge in [-0.05, 0) is 56.4 Å². The normalized spacial score (nSPS) is 31.2. The first-order valence-electron chi connectivity index (χ1n) is 7.09. The fourth-order valence-electron chi connectivity index (χ4n) is 2.69. The highest BCUT2D eigenvalue weighted by atomic mass is 35.5. The first-order valence-corrected chi connectivity index (χ1v) is 7.46. The average molecular weight is 282 g/mol. The third-order valence-corrected chi connectivity index (χ3v) is 4.18. The van der Waals surface area contributed by atoms with Gasteiger partial charge in [-0.2, -0.15) is 0 Å². The molecule has 3 nitrogen and oxygen atoms in total. The van der Waals surface area contributed by atoms with Crippen molar-refractivity contribution in [1.82, 2.24) is 5.32 Å². The Morgan fingerprint density at radius 3 is 2.53 bits per heavy atom. The van der Waals surface area contributed by atoms with E-state index in [4.69, 9.17) is 16.3 Å². The van der Waals surface area contributed by atoms with Gasteiger partial charge >= 0.3 is 0 Å². The first-order chi connectivity index (χ1) is 9.22. The Morgan fingerprint density at radius 1 is 1.11 bits per heavy atom. The maximum Gasteiger partial charge on any atom is 0.126 e. The number of nitrogens with one attached hydrogen (secondary N) is 1. The van der Waals surface area contributed by atoms with Gasteiger partial charge in [0.05, 0.1) is 0 Å². The van der Waals surface area contributed by atoms with E-state index in [9.17, 15) is 5.11 Å². The molecule has 3 rings (SSSR count). The summed E-state index contributed by atoms with van der Waals surface area (Å²) in [6.07, 6.45) is 4.98. The van der Waals surface area contributed by atoms with Crippen LogP contribution in [0.5, 0.6) is 5.75 Å². The van der Waals surface area contributed by atoms with Crippen molar-refractivity contribution in [1.29, 1.82) is 0 Å². The molecule has 0 bridgehead atoms. The molecule has 0 amide bonds. The van der Waals surface area contributed by atoms with Crippen LogP contribution in [-0.4, -0.2) is 29.4 Å². The number of hydrogen-bond acceptors (Lipinski definition) is 3. The van der Waals surface area contributed by atoms with Crippen LogP contribution in [0.2, 0.25) is 5.02 Å². The maximum absolute atomic E-state index is 10.4. The number of aliphatic hydroxyl groups is 1. The molecule has 0 aliphatic heterocycles. The lowest BCUT2D eigenvalue weighted by Gasteiger charge is -2.35. The molecule has 2 saturated carbocycles. The summed E-state index contributed by atoms with van der Waals surface area (Å²) in [5, 5.41) is 14.6. The molecule has 0 unspecified atom stereocenters. The fourth-order valence-corrected chi connectivity index (χ4v) is 2.82.